The molecule has 1 heterocycles. The minimum Gasteiger partial charge on any atom is -0.369 e. The van der Waals surface area contributed by atoms with E-state index in [1.807, 2.05) is 17.7 Å². The summed E-state index contributed by atoms with van der Waals surface area (Å²) in [5.41, 5.74) is 6.65. The van der Waals surface area contributed by atoms with Crippen LogP contribution < -0.4 is 5.73 Å². The van der Waals surface area contributed by atoms with Gasteiger partial charge in [-0.2, -0.15) is 0 Å². The maximum Gasteiger partial charge on any atom is 0.200 e. The fourth-order valence-electron chi connectivity index (χ4n) is 1.36. The number of imidazole rings is 1. The van der Waals surface area contributed by atoms with Gasteiger partial charge in [0.05, 0.1) is 5.69 Å². The summed E-state index contributed by atoms with van der Waals surface area (Å²) in [7, 11) is -0.734. The molecule has 0 bridgehead atoms. The van der Waals surface area contributed by atoms with Crippen molar-refractivity contribution in [3.63, 3.8) is 0 Å². The highest BCUT2D eigenvalue weighted by Gasteiger charge is 2.09. The average molecular weight is 215 g/mol. The summed E-state index contributed by atoms with van der Waals surface area (Å²) in [6, 6.07) is 0.264. The quantitative estimate of drug-likeness (QED) is 0.818. The Balaban J connectivity index is 2.64. The largest absolute Gasteiger partial charge is 0.369 e. The van der Waals surface area contributed by atoms with Crippen molar-refractivity contribution >= 4 is 16.7 Å². The lowest BCUT2D eigenvalue weighted by Crippen LogP contribution is -2.10. The van der Waals surface area contributed by atoms with Crippen molar-refractivity contribution < 1.29 is 4.21 Å². The lowest BCUT2D eigenvalue weighted by molar-refractivity contribution is 0.538. The van der Waals surface area contributed by atoms with E-state index in [1.54, 1.807) is 6.26 Å². The smallest absolute Gasteiger partial charge is 0.200 e. The van der Waals surface area contributed by atoms with Crippen LogP contribution in [0.5, 0.6) is 0 Å². The molecule has 0 radical (unpaired) electrons. The van der Waals surface area contributed by atoms with Crippen LogP contribution in [0.15, 0.2) is 6.20 Å². The monoisotopic (exact) mass is 215 g/mol. The molecule has 0 aliphatic rings. The number of nitrogens with two attached hydrogens (primary N) is 1. The first-order chi connectivity index (χ1) is 6.50. The summed E-state index contributed by atoms with van der Waals surface area (Å²) in [5, 5.41) is 0. The average Bonchev–Trinajstić information content (AvgIpc) is 2.41. The van der Waals surface area contributed by atoms with E-state index in [4.69, 9.17) is 5.73 Å². The molecule has 0 aliphatic heterocycles. The number of hydrogen-bond donors (Lipinski definition) is 1. The summed E-state index contributed by atoms with van der Waals surface area (Å²) in [6.45, 7) is 3.97. The Bertz CT molecular complexity index is 335. The molecular weight excluding hydrogens is 198 g/mol. The molecule has 0 aliphatic carbocycles. The maximum absolute atomic E-state index is 10.9. The molecule has 2 atom stereocenters. The van der Waals surface area contributed by atoms with Gasteiger partial charge in [0.2, 0.25) is 5.95 Å². The molecule has 2 N–H and O–H groups in total. The molecule has 2 unspecified atom stereocenters. The second kappa shape index (κ2) is 4.59. The van der Waals surface area contributed by atoms with Gasteiger partial charge in [0, 0.05) is 35.0 Å². The standard InChI is InChI=1S/C9H17N3OS/c1-7-6-12(9(10)11-7)8(2)4-5-14(3)13/h6,8H,4-5H2,1-3H3,(H2,10,11). The molecule has 0 fully saturated rings. The first-order valence-corrected chi connectivity index (χ1v) is 6.34. The van der Waals surface area contributed by atoms with Gasteiger partial charge in [0.25, 0.3) is 0 Å². The van der Waals surface area contributed by atoms with Crippen molar-refractivity contribution in [3.05, 3.63) is 11.9 Å². The summed E-state index contributed by atoms with van der Waals surface area (Å²) in [6.07, 6.45) is 4.51. The molecule has 1 aromatic heterocycles. The second-order valence-corrected chi connectivity index (χ2v) is 5.12. The minimum atomic E-state index is -0.734. The first kappa shape index (κ1) is 11.2. The Morgan fingerprint density at radius 1 is 1.71 bits per heavy atom. The van der Waals surface area contributed by atoms with Crippen molar-refractivity contribution in [3.8, 4) is 0 Å². The third-order valence-electron chi connectivity index (χ3n) is 2.18. The van der Waals surface area contributed by atoms with Crippen LogP contribution >= 0.6 is 0 Å². The highest BCUT2D eigenvalue weighted by Crippen LogP contribution is 2.16. The maximum atomic E-state index is 10.9. The molecule has 0 spiro atoms. The van der Waals surface area contributed by atoms with Gasteiger partial charge in [0.1, 0.15) is 0 Å². The molecule has 1 rings (SSSR count). The fraction of sp³-hybridized carbons (Fsp3) is 0.667. The third kappa shape index (κ3) is 2.83. The van der Waals surface area contributed by atoms with Gasteiger partial charge in [-0.3, -0.25) is 4.21 Å². The number of aromatic nitrogens is 2. The van der Waals surface area contributed by atoms with Crippen molar-refractivity contribution in [1.29, 1.82) is 0 Å². The van der Waals surface area contributed by atoms with Crippen LogP contribution in [0.25, 0.3) is 0 Å². The first-order valence-electron chi connectivity index (χ1n) is 4.61. The number of rotatable bonds is 4. The number of nitrogen functional groups attached to an aromatic ring is 1. The van der Waals surface area contributed by atoms with Crippen LogP contribution in [0, 0.1) is 6.92 Å². The topological polar surface area (TPSA) is 60.9 Å². The molecular formula is C9H17N3OS. The second-order valence-electron chi connectivity index (χ2n) is 3.56. The van der Waals surface area contributed by atoms with Crippen LogP contribution in [0.2, 0.25) is 0 Å². The van der Waals surface area contributed by atoms with Crippen molar-refractivity contribution in [2.24, 2.45) is 0 Å². The molecule has 14 heavy (non-hydrogen) atoms. The number of hydrogen-bond acceptors (Lipinski definition) is 3. The molecule has 0 aromatic carbocycles. The van der Waals surface area contributed by atoms with Crippen molar-refractivity contribution in [1.82, 2.24) is 9.55 Å². The van der Waals surface area contributed by atoms with Gasteiger partial charge < -0.3 is 10.3 Å². The summed E-state index contributed by atoms with van der Waals surface area (Å²) in [5.74, 6) is 1.24. The zero-order valence-corrected chi connectivity index (χ0v) is 9.67. The van der Waals surface area contributed by atoms with E-state index in [0.29, 0.717) is 11.7 Å². The van der Waals surface area contributed by atoms with Crippen LogP contribution in [0.3, 0.4) is 0 Å². The molecule has 4 nitrogen and oxygen atoms in total. The van der Waals surface area contributed by atoms with Crippen molar-refractivity contribution in [2.45, 2.75) is 26.3 Å². The Morgan fingerprint density at radius 2 is 2.36 bits per heavy atom. The zero-order valence-electron chi connectivity index (χ0n) is 8.86. The fourth-order valence-corrected chi connectivity index (χ4v) is 2.04. The van der Waals surface area contributed by atoms with E-state index in [-0.39, 0.29) is 6.04 Å². The van der Waals surface area contributed by atoms with Crippen LogP contribution in [0.1, 0.15) is 25.1 Å². The van der Waals surface area contributed by atoms with Gasteiger partial charge in [-0.05, 0) is 20.3 Å². The lowest BCUT2D eigenvalue weighted by atomic mass is 10.2. The summed E-state index contributed by atoms with van der Waals surface area (Å²) in [4.78, 5) is 4.12. The number of aryl methyl sites for hydroxylation is 1. The molecule has 0 saturated carbocycles. The van der Waals surface area contributed by atoms with Crippen LogP contribution in [-0.2, 0) is 10.8 Å². The van der Waals surface area contributed by atoms with E-state index in [1.165, 1.54) is 0 Å². The van der Waals surface area contributed by atoms with E-state index in [2.05, 4.69) is 11.9 Å². The predicted molar refractivity (Wildman–Crippen MR) is 59.6 cm³/mol. The molecule has 80 valence electrons. The Hall–Kier alpha value is -0.840. The summed E-state index contributed by atoms with van der Waals surface area (Å²) < 4.78 is 12.9. The zero-order chi connectivity index (χ0) is 10.7. The molecule has 5 heteroatoms. The van der Waals surface area contributed by atoms with Crippen LogP contribution in [-0.4, -0.2) is 25.8 Å². The Morgan fingerprint density at radius 3 is 2.79 bits per heavy atom. The lowest BCUT2D eigenvalue weighted by Gasteiger charge is -2.13. The van der Waals surface area contributed by atoms with Crippen LogP contribution in [0.4, 0.5) is 5.95 Å². The highest BCUT2D eigenvalue weighted by molar-refractivity contribution is 7.84. The van der Waals surface area contributed by atoms with Gasteiger partial charge in [-0.25, -0.2) is 4.98 Å². The SMILES string of the molecule is Cc1cn(C(C)CCS(C)=O)c(N)n1. The summed E-state index contributed by atoms with van der Waals surface area (Å²) >= 11 is 0. The number of nitrogens with zero attached hydrogens (tertiary/aromatic N) is 2. The van der Waals surface area contributed by atoms with Gasteiger partial charge >= 0.3 is 0 Å². The molecule has 0 amide bonds. The highest BCUT2D eigenvalue weighted by atomic mass is 32.2. The van der Waals surface area contributed by atoms with E-state index in [0.717, 1.165) is 12.1 Å². The van der Waals surface area contributed by atoms with Crippen molar-refractivity contribution in [2.75, 3.05) is 17.7 Å². The Kier molecular flexibility index (Phi) is 3.69. The minimum absolute atomic E-state index is 0.264. The third-order valence-corrected chi connectivity index (χ3v) is 2.99. The molecule has 0 saturated heterocycles. The predicted octanol–water partition coefficient (Wildman–Crippen LogP) is 1.10. The van der Waals surface area contributed by atoms with Gasteiger partial charge in [-0.15, -0.1) is 0 Å². The normalized spacial score (nSPS) is 15.4. The van der Waals surface area contributed by atoms with Gasteiger partial charge in [0.15, 0.2) is 0 Å². The number of anilines is 1. The van der Waals surface area contributed by atoms with E-state index in [9.17, 15) is 4.21 Å². The molecule has 1 aromatic rings. The van der Waals surface area contributed by atoms with E-state index < -0.39 is 10.8 Å². The Labute approximate surface area is 87.0 Å². The van der Waals surface area contributed by atoms with Gasteiger partial charge in [-0.1, -0.05) is 0 Å². The van der Waals surface area contributed by atoms with E-state index >= 15 is 0 Å².